The first-order valence-corrected chi connectivity index (χ1v) is 5.49. The molecule has 0 saturated carbocycles. The van der Waals surface area contributed by atoms with Gasteiger partial charge < -0.3 is 9.64 Å². The molecule has 6 heteroatoms. The van der Waals surface area contributed by atoms with Gasteiger partial charge in [-0.2, -0.15) is 0 Å². The van der Waals surface area contributed by atoms with Gasteiger partial charge in [-0.05, 0) is 38.4 Å². The molecule has 0 spiro atoms. The summed E-state index contributed by atoms with van der Waals surface area (Å²) >= 11 is 5.62. The monoisotopic (exact) mass is 276 g/mol. The van der Waals surface area contributed by atoms with Gasteiger partial charge in [0.1, 0.15) is 5.60 Å². The van der Waals surface area contributed by atoms with Crippen LogP contribution in [0.3, 0.4) is 0 Å². The van der Waals surface area contributed by atoms with Crippen LogP contribution in [0.2, 0.25) is 5.28 Å². The van der Waals surface area contributed by atoms with Crippen molar-refractivity contribution < 1.29 is 19.1 Å². The zero-order chi connectivity index (χ0) is 19.6. The molecule has 0 atom stereocenters. The number of hydrogen-bond donors (Lipinski definition) is 0. The number of amides is 1. The fourth-order valence-electron chi connectivity index (χ4n) is 1.12. The summed E-state index contributed by atoms with van der Waals surface area (Å²) in [4.78, 5) is 19.3. The molecule has 0 unspecified atom stereocenters. The van der Waals surface area contributed by atoms with Gasteiger partial charge in [-0.3, -0.25) is 0 Å². The Morgan fingerprint density at radius 1 is 1.72 bits per heavy atom. The fraction of sp³-hybridized carbons (Fsp3) is 0.583. The number of likely N-dealkylation sites (tertiary alicyclic amines) is 1. The van der Waals surface area contributed by atoms with E-state index >= 15 is 0 Å². The summed E-state index contributed by atoms with van der Waals surface area (Å²) in [7, 11) is 0. The second-order valence-electron chi connectivity index (χ2n) is 4.49. The number of aromatic nitrogens is 2. The summed E-state index contributed by atoms with van der Waals surface area (Å²) in [5.41, 5.74) is -1.72. The maximum absolute atomic E-state index is 12.2. The lowest BCUT2D eigenvalue weighted by Gasteiger charge is -2.39. The summed E-state index contributed by atoms with van der Waals surface area (Å²) in [6.07, 6.45) is -1.97. The molecule has 98 valence electrons. The van der Waals surface area contributed by atoms with Crippen molar-refractivity contribution in [3.63, 3.8) is 0 Å². The second-order valence-corrected chi connectivity index (χ2v) is 4.83. The molecule has 0 radical (unpaired) electrons. The summed E-state index contributed by atoms with van der Waals surface area (Å²) in [6, 6.07) is -0.740. The third-order valence-electron chi connectivity index (χ3n) is 1.79. The molecule has 0 aromatic carbocycles. The van der Waals surface area contributed by atoms with Crippen LogP contribution in [0.15, 0.2) is 12.2 Å². The molecule has 1 amide bonds. The molecule has 18 heavy (non-hydrogen) atoms. The minimum atomic E-state index is -2.90. The molecule has 1 aliphatic rings. The number of ether oxygens (including phenoxy) is 1. The van der Waals surface area contributed by atoms with Crippen molar-refractivity contribution in [3.8, 4) is 0 Å². The molecule has 1 fully saturated rings. The zero-order valence-electron chi connectivity index (χ0n) is 17.0. The molecule has 1 aromatic heterocycles. The van der Waals surface area contributed by atoms with E-state index in [1.807, 2.05) is 0 Å². The van der Waals surface area contributed by atoms with Gasteiger partial charge >= 0.3 is 6.09 Å². The highest BCUT2D eigenvalue weighted by atomic mass is 35.5. The van der Waals surface area contributed by atoms with Gasteiger partial charge in [0.15, 0.2) is 0 Å². The highest BCUT2D eigenvalue weighted by Gasteiger charge is 2.35. The third kappa shape index (κ3) is 3.10. The van der Waals surface area contributed by atoms with E-state index in [4.69, 9.17) is 25.9 Å². The molecule has 1 aromatic rings. The Labute approximate surface area is 121 Å². The van der Waals surface area contributed by atoms with Gasteiger partial charge in [0, 0.05) is 26.4 Å². The highest BCUT2D eigenvalue weighted by molar-refractivity contribution is 6.28. The molecular formula is C12H16ClN3O2. The van der Waals surface area contributed by atoms with Crippen LogP contribution in [0.25, 0.3) is 0 Å². The van der Waals surface area contributed by atoms with Crippen LogP contribution in [0.1, 0.15) is 42.0 Å². The summed E-state index contributed by atoms with van der Waals surface area (Å²) in [5.74, 6) is -2.80. The Morgan fingerprint density at radius 3 is 3.00 bits per heavy atom. The average Bonchev–Trinajstić information content (AvgIpc) is 2.38. The SMILES string of the molecule is [2H]c1nc(Cl)nc(C2([2H])C([2H])([2H])N(C(=O)OC(C)(C)C)C2([2H])[2H])c1[2H]. The van der Waals surface area contributed by atoms with Crippen molar-refractivity contribution in [3.05, 3.63) is 23.2 Å². The van der Waals surface area contributed by atoms with Crippen LogP contribution in [-0.4, -0.2) is 39.6 Å². The molecule has 1 saturated heterocycles. The number of rotatable bonds is 1. The topological polar surface area (TPSA) is 55.3 Å². The summed E-state index contributed by atoms with van der Waals surface area (Å²) in [6.45, 7) is -1.22. The molecule has 2 heterocycles. The molecule has 1 aliphatic heterocycles. The average molecular weight is 277 g/mol. The van der Waals surface area contributed by atoms with E-state index in [1.165, 1.54) is 20.8 Å². The third-order valence-corrected chi connectivity index (χ3v) is 1.96. The maximum atomic E-state index is 12.2. The Morgan fingerprint density at radius 2 is 2.39 bits per heavy atom. The number of hydrogen-bond acceptors (Lipinski definition) is 4. The quantitative estimate of drug-likeness (QED) is 0.740. The predicted octanol–water partition coefficient (Wildman–Crippen LogP) is 2.46. The van der Waals surface area contributed by atoms with Crippen LogP contribution in [-0.2, 0) is 4.74 Å². The van der Waals surface area contributed by atoms with Crippen LogP contribution in [0.4, 0.5) is 4.79 Å². The Balaban J connectivity index is 2.56. The maximum Gasteiger partial charge on any atom is 0.410 e. The number of halogens is 1. The summed E-state index contributed by atoms with van der Waals surface area (Å²) in [5, 5.41) is -0.523. The lowest BCUT2D eigenvalue weighted by molar-refractivity contribution is 0.00787. The minimum absolute atomic E-state index is 0.150. The van der Waals surface area contributed by atoms with Crippen molar-refractivity contribution >= 4 is 17.7 Å². The van der Waals surface area contributed by atoms with Crippen molar-refractivity contribution in [1.29, 1.82) is 0 Å². The van der Waals surface area contributed by atoms with E-state index < -0.39 is 53.8 Å². The molecule has 2 rings (SSSR count). The molecule has 0 aliphatic carbocycles. The molecule has 5 nitrogen and oxygen atoms in total. The lowest BCUT2D eigenvalue weighted by Crippen LogP contribution is -2.50. The smallest absolute Gasteiger partial charge is 0.410 e. The van der Waals surface area contributed by atoms with Crippen molar-refractivity contribution in [2.24, 2.45) is 0 Å². The first-order chi connectivity index (χ1) is 11.1. The zero-order valence-corrected chi connectivity index (χ0v) is 10.8. The van der Waals surface area contributed by atoms with Crippen LogP contribution < -0.4 is 0 Å². The second kappa shape index (κ2) is 4.72. The highest BCUT2D eigenvalue weighted by Crippen LogP contribution is 2.27. The Kier molecular flexibility index (Phi) is 1.76. The van der Waals surface area contributed by atoms with Gasteiger partial charge in [-0.15, -0.1) is 0 Å². The molecule has 0 bridgehead atoms. The van der Waals surface area contributed by atoms with E-state index in [0.29, 0.717) is 0 Å². The van der Waals surface area contributed by atoms with E-state index in [9.17, 15) is 4.79 Å². The number of carbonyl (C=O) groups is 1. The van der Waals surface area contributed by atoms with Gasteiger partial charge in [0.25, 0.3) is 0 Å². The standard InChI is InChI=1S/C12H16ClN3O2/c1-12(2,3)18-11(17)16-6-8(7-16)9-4-5-14-10(13)15-9/h4-5,8H,6-7H2,1-3H3/i4D,5D,6D2,7D2,8D. The van der Waals surface area contributed by atoms with E-state index in [1.54, 1.807) is 0 Å². The first kappa shape index (κ1) is 6.70. The van der Waals surface area contributed by atoms with Crippen LogP contribution in [0, 0.1) is 0 Å². The van der Waals surface area contributed by atoms with Gasteiger partial charge in [-0.25, -0.2) is 14.8 Å². The number of carbonyl (C=O) groups excluding carboxylic acids is 1. The summed E-state index contributed by atoms with van der Waals surface area (Å²) < 4.78 is 60.9. The van der Waals surface area contributed by atoms with E-state index in [0.717, 1.165) is 0 Å². The Hall–Kier alpha value is -1.36. The molecular weight excluding hydrogens is 254 g/mol. The number of nitrogens with zero attached hydrogens (tertiary/aromatic N) is 3. The largest absolute Gasteiger partial charge is 0.444 e. The molecule has 0 N–H and O–H groups in total. The minimum Gasteiger partial charge on any atom is -0.444 e. The van der Waals surface area contributed by atoms with Crippen molar-refractivity contribution in [2.75, 3.05) is 13.0 Å². The van der Waals surface area contributed by atoms with Gasteiger partial charge in [-0.1, -0.05) is 0 Å². The van der Waals surface area contributed by atoms with E-state index in [2.05, 4.69) is 9.97 Å². The van der Waals surface area contributed by atoms with Gasteiger partial charge in [0.2, 0.25) is 5.28 Å². The van der Waals surface area contributed by atoms with Crippen LogP contribution in [0.5, 0.6) is 0 Å². The lowest BCUT2D eigenvalue weighted by atomic mass is 9.97. The van der Waals surface area contributed by atoms with E-state index in [-0.39, 0.29) is 4.90 Å². The van der Waals surface area contributed by atoms with Crippen LogP contribution >= 0.6 is 11.6 Å². The predicted molar refractivity (Wildman–Crippen MR) is 67.6 cm³/mol. The van der Waals surface area contributed by atoms with Crippen molar-refractivity contribution in [2.45, 2.75) is 32.3 Å². The van der Waals surface area contributed by atoms with Gasteiger partial charge in [0.05, 0.1) is 13.9 Å². The normalized spacial score (nSPS) is 29.3. The first-order valence-electron chi connectivity index (χ1n) is 8.62. The Bertz CT molecular complexity index is 722. The van der Waals surface area contributed by atoms with Crippen molar-refractivity contribution in [1.82, 2.24) is 14.9 Å². The fourth-order valence-corrected chi connectivity index (χ4v) is 1.25.